The smallest absolute Gasteiger partial charge is 0.142 e. The molecule has 0 aliphatic heterocycles. The van der Waals surface area contributed by atoms with Crippen LogP contribution in [0.5, 0.6) is 5.75 Å². The molecule has 0 amide bonds. The minimum Gasteiger partial charge on any atom is -0.491 e. The van der Waals surface area contributed by atoms with Crippen molar-refractivity contribution in [2.45, 2.75) is 26.0 Å². The molecule has 0 spiro atoms. The van der Waals surface area contributed by atoms with Crippen LogP contribution in [0.2, 0.25) is 5.02 Å². The van der Waals surface area contributed by atoms with Gasteiger partial charge in [0.2, 0.25) is 0 Å². The standard InChI is InChI=1S/C16H18ClFN2O/c1-10(2)21-14-9-4-3-6-11(14)16(20-19)12-7-5-8-13(18)15(12)17/h3-10,16,20H,19H2,1-2H3. The third-order valence-electron chi connectivity index (χ3n) is 3.05. The maximum atomic E-state index is 13.7. The molecule has 1 unspecified atom stereocenters. The van der Waals surface area contributed by atoms with Gasteiger partial charge in [0.1, 0.15) is 11.6 Å². The van der Waals surface area contributed by atoms with Crippen LogP contribution in [-0.2, 0) is 0 Å². The van der Waals surface area contributed by atoms with Crippen molar-refractivity contribution in [1.82, 2.24) is 5.43 Å². The van der Waals surface area contributed by atoms with Gasteiger partial charge in [-0.1, -0.05) is 41.9 Å². The Kier molecular flexibility index (Phi) is 5.17. The minimum atomic E-state index is -0.475. The van der Waals surface area contributed by atoms with Gasteiger partial charge in [0.25, 0.3) is 0 Å². The van der Waals surface area contributed by atoms with E-state index in [1.807, 2.05) is 38.1 Å². The predicted molar refractivity (Wildman–Crippen MR) is 82.8 cm³/mol. The molecule has 2 rings (SSSR count). The van der Waals surface area contributed by atoms with Crippen molar-refractivity contribution in [2.75, 3.05) is 0 Å². The van der Waals surface area contributed by atoms with Gasteiger partial charge in [-0.25, -0.2) is 9.82 Å². The molecule has 2 aromatic rings. The number of hydrogen-bond donors (Lipinski definition) is 2. The molecule has 112 valence electrons. The lowest BCUT2D eigenvalue weighted by atomic mass is 9.98. The number of ether oxygens (including phenoxy) is 1. The van der Waals surface area contributed by atoms with Crippen LogP contribution in [-0.4, -0.2) is 6.10 Å². The van der Waals surface area contributed by atoms with E-state index in [4.69, 9.17) is 22.2 Å². The summed E-state index contributed by atoms with van der Waals surface area (Å²) in [5, 5.41) is 0.0554. The third-order valence-corrected chi connectivity index (χ3v) is 3.45. The lowest BCUT2D eigenvalue weighted by Gasteiger charge is -2.22. The number of rotatable bonds is 5. The molecule has 0 aliphatic rings. The molecule has 0 saturated heterocycles. The first-order chi connectivity index (χ1) is 10.0. The molecule has 2 aromatic carbocycles. The van der Waals surface area contributed by atoms with Crippen LogP contribution >= 0.6 is 11.6 Å². The van der Waals surface area contributed by atoms with E-state index in [2.05, 4.69) is 5.43 Å². The number of nitrogens with one attached hydrogen (secondary N) is 1. The number of benzene rings is 2. The molecule has 5 heteroatoms. The zero-order valence-electron chi connectivity index (χ0n) is 11.9. The van der Waals surface area contributed by atoms with Gasteiger partial charge < -0.3 is 4.74 Å². The van der Waals surface area contributed by atoms with E-state index in [1.54, 1.807) is 12.1 Å². The summed E-state index contributed by atoms with van der Waals surface area (Å²) >= 11 is 6.06. The van der Waals surface area contributed by atoms with Crippen molar-refractivity contribution in [3.8, 4) is 5.75 Å². The molecule has 0 heterocycles. The second-order valence-electron chi connectivity index (χ2n) is 4.95. The fraction of sp³-hybridized carbons (Fsp3) is 0.250. The monoisotopic (exact) mass is 308 g/mol. The summed E-state index contributed by atoms with van der Waals surface area (Å²) in [7, 11) is 0. The topological polar surface area (TPSA) is 47.3 Å². The normalized spacial score (nSPS) is 12.5. The van der Waals surface area contributed by atoms with Gasteiger partial charge in [0.15, 0.2) is 0 Å². The average Bonchev–Trinajstić information content (AvgIpc) is 2.45. The number of nitrogens with two attached hydrogens (primary N) is 1. The first-order valence-corrected chi connectivity index (χ1v) is 7.08. The molecule has 3 nitrogen and oxygen atoms in total. The van der Waals surface area contributed by atoms with Crippen LogP contribution in [0, 0.1) is 5.82 Å². The number of para-hydroxylation sites is 1. The largest absolute Gasteiger partial charge is 0.491 e. The van der Waals surface area contributed by atoms with Crippen LogP contribution in [0.15, 0.2) is 42.5 Å². The van der Waals surface area contributed by atoms with Crippen molar-refractivity contribution in [3.63, 3.8) is 0 Å². The van der Waals surface area contributed by atoms with Gasteiger partial charge in [-0.3, -0.25) is 5.84 Å². The molecule has 0 fully saturated rings. The van der Waals surface area contributed by atoms with E-state index in [-0.39, 0.29) is 11.1 Å². The highest BCUT2D eigenvalue weighted by atomic mass is 35.5. The number of halogens is 2. The van der Waals surface area contributed by atoms with Gasteiger partial charge in [-0.05, 0) is 31.5 Å². The second-order valence-corrected chi connectivity index (χ2v) is 5.33. The van der Waals surface area contributed by atoms with E-state index in [1.165, 1.54) is 6.07 Å². The Morgan fingerprint density at radius 2 is 1.76 bits per heavy atom. The molecule has 0 aliphatic carbocycles. The highest BCUT2D eigenvalue weighted by molar-refractivity contribution is 6.31. The van der Waals surface area contributed by atoms with Crippen molar-refractivity contribution in [3.05, 3.63) is 64.4 Å². The molecule has 3 N–H and O–H groups in total. The summed E-state index contributed by atoms with van der Waals surface area (Å²) in [5.74, 6) is 5.88. The molecule has 0 radical (unpaired) electrons. The molecule has 21 heavy (non-hydrogen) atoms. The number of hydrazine groups is 1. The maximum absolute atomic E-state index is 13.7. The van der Waals surface area contributed by atoms with Crippen molar-refractivity contribution >= 4 is 11.6 Å². The van der Waals surface area contributed by atoms with Crippen LogP contribution in [0.1, 0.15) is 31.0 Å². The first-order valence-electron chi connectivity index (χ1n) is 6.70. The molecule has 1 atom stereocenters. The predicted octanol–water partition coefficient (Wildman–Crippen LogP) is 3.82. The molecule has 0 bridgehead atoms. The Morgan fingerprint density at radius 1 is 1.10 bits per heavy atom. The van der Waals surface area contributed by atoms with Crippen molar-refractivity contribution in [1.29, 1.82) is 0 Å². The second kappa shape index (κ2) is 6.89. The van der Waals surface area contributed by atoms with E-state index in [9.17, 15) is 4.39 Å². The zero-order chi connectivity index (χ0) is 15.4. The summed E-state index contributed by atoms with van der Waals surface area (Å²) < 4.78 is 19.5. The molecule has 0 aromatic heterocycles. The third kappa shape index (κ3) is 3.53. The Labute approximate surface area is 128 Å². The summed E-state index contributed by atoms with van der Waals surface area (Å²) in [6, 6.07) is 11.7. The highest BCUT2D eigenvalue weighted by Crippen LogP contribution is 2.34. The van der Waals surface area contributed by atoms with Gasteiger partial charge in [-0.15, -0.1) is 0 Å². The summed E-state index contributed by atoms with van der Waals surface area (Å²) in [5.41, 5.74) is 4.06. The minimum absolute atomic E-state index is 0.0209. The van der Waals surface area contributed by atoms with Gasteiger partial charge in [0, 0.05) is 5.56 Å². The zero-order valence-corrected chi connectivity index (χ0v) is 12.7. The van der Waals surface area contributed by atoms with E-state index in [0.717, 1.165) is 5.56 Å². The molecular weight excluding hydrogens is 291 g/mol. The summed E-state index contributed by atoms with van der Waals surface area (Å²) in [4.78, 5) is 0. The fourth-order valence-corrected chi connectivity index (χ4v) is 2.41. The van der Waals surface area contributed by atoms with Crippen LogP contribution in [0.25, 0.3) is 0 Å². The SMILES string of the molecule is CC(C)Oc1ccccc1C(NN)c1cccc(F)c1Cl. The average molecular weight is 309 g/mol. The van der Waals surface area contributed by atoms with Gasteiger partial charge in [-0.2, -0.15) is 0 Å². The van der Waals surface area contributed by atoms with Crippen molar-refractivity contribution < 1.29 is 9.13 Å². The summed E-state index contributed by atoms with van der Waals surface area (Å²) in [6.45, 7) is 3.88. The first kappa shape index (κ1) is 15.8. The Hall–Kier alpha value is -1.62. The maximum Gasteiger partial charge on any atom is 0.142 e. The van der Waals surface area contributed by atoms with E-state index < -0.39 is 11.9 Å². The van der Waals surface area contributed by atoms with E-state index >= 15 is 0 Å². The van der Waals surface area contributed by atoms with Gasteiger partial charge in [0.05, 0.1) is 17.2 Å². The van der Waals surface area contributed by atoms with E-state index in [0.29, 0.717) is 11.3 Å². The Morgan fingerprint density at radius 3 is 2.43 bits per heavy atom. The Bertz CT molecular complexity index is 619. The number of hydrogen-bond acceptors (Lipinski definition) is 3. The van der Waals surface area contributed by atoms with Crippen LogP contribution in [0.4, 0.5) is 4.39 Å². The Balaban J connectivity index is 2.49. The highest BCUT2D eigenvalue weighted by Gasteiger charge is 2.21. The molecular formula is C16H18ClFN2O. The quantitative estimate of drug-likeness (QED) is 0.652. The lowest BCUT2D eigenvalue weighted by Crippen LogP contribution is -2.29. The van der Waals surface area contributed by atoms with Gasteiger partial charge >= 0.3 is 0 Å². The van der Waals surface area contributed by atoms with Crippen LogP contribution < -0.4 is 16.0 Å². The van der Waals surface area contributed by atoms with Crippen LogP contribution in [0.3, 0.4) is 0 Å². The lowest BCUT2D eigenvalue weighted by molar-refractivity contribution is 0.238. The van der Waals surface area contributed by atoms with Crippen molar-refractivity contribution in [2.24, 2.45) is 5.84 Å². The summed E-state index contributed by atoms with van der Waals surface area (Å²) in [6.07, 6.45) is 0.0209. The fourth-order valence-electron chi connectivity index (χ4n) is 2.17. The molecule has 0 saturated carbocycles.